The van der Waals surface area contributed by atoms with Crippen LogP contribution in [0.4, 0.5) is 45.5 Å². The zero-order chi connectivity index (χ0) is 35.4. The van der Waals surface area contributed by atoms with Gasteiger partial charge in [0, 0.05) is 19.5 Å². The largest absolute Gasteiger partial charge is 0.481 e. The Bertz CT molecular complexity index is 1530. The van der Waals surface area contributed by atoms with E-state index in [1.807, 2.05) is 0 Å². The lowest BCUT2D eigenvalue weighted by molar-refractivity contribution is -0.143. The highest BCUT2D eigenvalue weighted by molar-refractivity contribution is 5.67. The molecule has 0 atom stereocenters. The Hall–Kier alpha value is -3.89. The summed E-state index contributed by atoms with van der Waals surface area (Å²) >= 11 is 0. The van der Waals surface area contributed by atoms with Gasteiger partial charge in [0.05, 0.1) is 23.7 Å². The number of aryl methyl sites for hydroxylation is 2. The summed E-state index contributed by atoms with van der Waals surface area (Å²) in [5.41, 5.74) is -3.82. The fraction of sp³-hybridized carbons (Fsp3) is 0.548. The van der Waals surface area contributed by atoms with Crippen molar-refractivity contribution in [2.75, 3.05) is 18.0 Å². The Labute approximate surface area is 270 Å². The van der Waals surface area contributed by atoms with E-state index in [2.05, 4.69) is 20.7 Å². The molecule has 2 aromatic carbocycles. The minimum Gasteiger partial charge on any atom is -0.481 e. The Kier molecular flexibility index (Phi) is 11.3. The maximum absolute atomic E-state index is 14.0. The summed E-state index contributed by atoms with van der Waals surface area (Å²) in [4.78, 5) is 13.2. The summed E-state index contributed by atoms with van der Waals surface area (Å²) in [7, 11) is 1.38. The van der Waals surface area contributed by atoms with Crippen LogP contribution in [0.25, 0.3) is 0 Å². The summed E-state index contributed by atoms with van der Waals surface area (Å²) < 4.78 is 123. The van der Waals surface area contributed by atoms with Crippen molar-refractivity contribution in [1.29, 1.82) is 0 Å². The lowest BCUT2D eigenvalue weighted by atomic mass is 9.80. The van der Waals surface area contributed by atoms with Crippen LogP contribution in [0.2, 0.25) is 0 Å². The molecule has 48 heavy (non-hydrogen) atoms. The van der Waals surface area contributed by atoms with Gasteiger partial charge < -0.3 is 15.3 Å². The molecule has 4 rings (SSSR count). The number of rotatable bonds is 12. The molecule has 1 heterocycles. The quantitative estimate of drug-likeness (QED) is 0.153. The van der Waals surface area contributed by atoms with E-state index in [4.69, 9.17) is 5.11 Å². The minimum atomic E-state index is -5.10. The molecule has 0 radical (unpaired) electrons. The first kappa shape index (κ1) is 36.9. The summed E-state index contributed by atoms with van der Waals surface area (Å²) in [5.74, 6) is -0.579. The average molecular weight is 695 g/mol. The molecular weight excluding hydrogens is 659 g/mol. The number of carboxylic acids is 1. The van der Waals surface area contributed by atoms with Crippen molar-refractivity contribution in [3.8, 4) is 0 Å². The molecule has 2 N–H and O–H groups in total. The van der Waals surface area contributed by atoms with Gasteiger partial charge in [0.1, 0.15) is 0 Å². The first-order valence-electron chi connectivity index (χ1n) is 15.2. The summed E-state index contributed by atoms with van der Waals surface area (Å²) in [6.45, 7) is 1.33. The van der Waals surface area contributed by atoms with Gasteiger partial charge >= 0.3 is 24.5 Å². The number of tetrazole rings is 1. The molecule has 0 bridgehead atoms. The van der Waals surface area contributed by atoms with Crippen molar-refractivity contribution in [1.82, 2.24) is 25.5 Å². The van der Waals surface area contributed by atoms with Gasteiger partial charge in [-0.1, -0.05) is 11.2 Å². The highest BCUT2D eigenvalue weighted by Gasteiger charge is 2.37. The van der Waals surface area contributed by atoms with E-state index >= 15 is 0 Å². The van der Waals surface area contributed by atoms with Crippen LogP contribution in [-0.2, 0) is 49.9 Å². The van der Waals surface area contributed by atoms with Gasteiger partial charge in [-0.15, -0.1) is 5.10 Å². The molecule has 3 aromatic rings. The van der Waals surface area contributed by atoms with E-state index < -0.39 is 53.3 Å². The summed E-state index contributed by atoms with van der Waals surface area (Å²) in [6, 6.07) is 3.41. The molecule has 0 spiro atoms. The molecule has 0 unspecified atom stereocenters. The Morgan fingerprint density at radius 3 is 2.00 bits per heavy atom. The number of benzene rings is 2. The number of nitrogens with zero attached hydrogens (tertiary/aromatic N) is 5. The van der Waals surface area contributed by atoms with Crippen LogP contribution < -0.4 is 10.2 Å². The highest BCUT2D eigenvalue weighted by atomic mass is 19.4. The second-order valence-electron chi connectivity index (χ2n) is 12.2. The summed E-state index contributed by atoms with van der Waals surface area (Å²) in [5, 5.41) is 23.9. The number of halogens is 9. The molecule has 0 amide bonds. The molecule has 17 heteroatoms. The number of carbonyl (C=O) groups is 1. The van der Waals surface area contributed by atoms with E-state index in [1.54, 1.807) is 0 Å². The van der Waals surface area contributed by atoms with Crippen molar-refractivity contribution in [3.63, 3.8) is 0 Å². The zero-order valence-electron chi connectivity index (χ0n) is 26.1. The summed E-state index contributed by atoms with van der Waals surface area (Å²) in [6.07, 6.45) is -11.2. The third-order valence-corrected chi connectivity index (χ3v) is 8.45. The number of carboxylic acid groups (broad SMARTS) is 1. The van der Waals surface area contributed by atoms with Gasteiger partial charge in [-0.25, -0.2) is 0 Å². The molecular formula is C31H35F9N6O2. The number of nitrogens with one attached hydrogen (secondary N) is 1. The fourth-order valence-corrected chi connectivity index (χ4v) is 6.05. The van der Waals surface area contributed by atoms with E-state index in [0.717, 1.165) is 36.5 Å². The minimum absolute atomic E-state index is 0.00317. The van der Waals surface area contributed by atoms with Gasteiger partial charge in [0.2, 0.25) is 0 Å². The van der Waals surface area contributed by atoms with Crippen LogP contribution in [0.3, 0.4) is 0 Å². The van der Waals surface area contributed by atoms with Crippen LogP contribution in [0.5, 0.6) is 0 Å². The standard InChI is InChI=1S/C31H35F9N6O2/c1-18-9-22(7-8-41-15-20-5-3-19(4-6-20)12-27(47)48)23(13-26(18)31(38,39)40)17-46(28-42-44-45(2)43-28)16-21-10-24(29(32,33)34)14-25(11-21)30(35,36)37/h9-11,13-14,19-20,41H,3-8,12,15-17H2,1-2H3,(H,47,48). The predicted molar refractivity (Wildman–Crippen MR) is 156 cm³/mol. The Morgan fingerprint density at radius 1 is 0.875 bits per heavy atom. The van der Waals surface area contributed by atoms with Gasteiger partial charge in [-0.2, -0.15) is 44.3 Å². The maximum Gasteiger partial charge on any atom is 0.416 e. The fourth-order valence-electron chi connectivity index (χ4n) is 6.05. The van der Waals surface area contributed by atoms with E-state index in [0.29, 0.717) is 36.7 Å². The number of aromatic nitrogens is 4. The zero-order valence-corrected chi connectivity index (χ0v) is 26.1. The highest BCUT2D eigenvalue weighted by Crippen LogP contribution is 2.38. The van der Waals surface area contributed by atoms with Crippen molar-refractivity contribution >= 4 is 11.9 Å². The molecule has 0 saturated heterocycles. The molecule has 0 aliphatic heterocycles. The molecule has 1 aromatic heterocycles. The lowest BCUT2D eigenvalue weighted by Gasteiger charge is -2.28. The molecule has 1 fully saturated rings. The van der Waals surface area contributed by atoms with Gasteiger partial charge in [-0.3, -0.25) is 4.79 Å². The van der Waals surface area contributed by atoms with Crippen molar-refractivity contribution in [2.45, 2.75) is 77.1 Å². The topological polar surface area (TPSA) is 96.2 Å². The van der Waals surface area contributed by atoms with Crippen LogP contribution in [-0.4, -0.2) is 44.4 Å². The number of aliphatic carboxylic acids is 1. The Balaban J connectivity index is 1.60. The normalized spacial score (nSPS) is 17.5. The third kappa shape index (κ3) is 10.1. The SMILES string of the molecule is Cc1cc(CCNCC2CCC(CC(=O)O)CC2)c(CN(Cc2cc(C(F)(F)F)cc(C(F)(F)F)c2)c2nnn(C)n2)cc1C(F)(F)F. The maximum atomic E-state index is 14.0. The first-order chi connectivity index (χ1) is 22.3. The number of anilines is 1. The van der Waals surface area contributed by atoms with E-state index in [-0.39, 0.29) is 48.4 Å². The second-order valence-corrected chi connectivity index (χ2v) is 12.2. The monoisotopic (exact) mass is 694 g/mol. The second kappa shape index (κ2) is 14.7. The number of alkyl halides is 9. The van der Waals surface area contributed by atoms with Crippen LogP contribution in [0.15, 0.2) is 30.3 Å². The van der Waals surface area contributed by atoms with Crippen LogP contribution in [0.1, 0.15) is 71.0 Å². The van der Waals surface area contributed by atoms with Gasteiger partial charge in [-0.05, 0) is 116 Å². The lowest BCUT2D eigenvalue weighted by Crippen LogP contribution is -2.29. The average Bonchev–Trinajstić information content (AvgIpc) is 3.41. The van der Waals surface area contributed by atoms with Crippen LogP contribution in [0, 0.1) is 18.8 Å². The van der Waals surface area contributed by atoms with Crippen molar-refractivity contribution in [2.24, 2.45) is 18.9 Å². The van der Waals surface area contributed by atoms with Crippen molar-refractivity contribution in [3.05, 3.63) is 69.3 Å². The third-order valence-electron chi connectivity index (χ3n) is 8.45. The van der Waals surface area contributed by atoms with Gasteiger partial charge in [0.25, 0.3) is 5.95 Å². The van der Waals surface area contributed by atoms with E-state index in [9.17, 15) is 44.3 Å². The molecule has 1 saturated carbocycles. The smallest absolute Gasteiger partial charge is 0.416 e. The molecule has 264 valence electrons. The van der Waals surface area contributed by atoms with Gasteiger partial charge in [0.15, 0.2) is 0 Å². The number of hydrogen-bond acceptors (Lipinski definition) is 6. The Morgan fingerprint density at radius 2 is 1.48 bits per heavy atom. The first-order valence-corrected chi connectivity index (χ1v) is 15.2. The number of hydrogen-bond donors (Lipinski definition) is 2. The molecule has 1 aliphatic rings. The van der Waals surface area contributed by atoms with Crippen molar-refractivity contribution < 1.29 is 49.4 Å². The predicted octanol–water partition coefficient (Wildman–Crippen LogP) is 7.19. The molecule has 8 nitrogen and oxygen atoms in total. The molecule has 1 aliphatic carbocycles. The van der Waals surface area contributed by atoms with E-state index in [1.165, 1.54) is 24.9 Å². The van der Waals surface area contributed by atoms with Crippen LogP contribution >= 0.6 is 0 Å².